The molecule has 0 aliphatic heterocycles. The summed E-state index contributed by atoms with van der Waals surface area (Å²) in [6.45, 7) is 2.69. The van der Waals surface area contributed by atoms with Gasteiger partial charge in [-0.05, 0) is 41.8 Å². The lowest BCUT2D eigenvalue weighted by Crippen LogP contribution is -2.02. The molecule has 22 heavy (non-hydrogen) atoms. The number of hydrogen-bond acceptors (Lipinski definition) is 4. The zero-order chi connectivity index (χ0) is 15.5. The Bertz CT molecular complexity index is 826. The fourth-order valence-corrected chi connectivity index (χ4v) is 3.18. The first kappa shape index (κ1) is 14.5. The second-order valence-corrected chi connectivity index (χ2v) is 6.06. The van der Waals surface area contributed by atoms with Crippen LogP contribution in [0.1, 0.15) is 28.4 Å². The number of nitrogens with one attached hydrogen (secondary N) is 1. The molecule has 0 bridgehead atoms. The summed E-state index contributed by atoms with van der Waals surface area (Å²) in [7, 11) is 0. The maximum Gasteiger partial charge on any atom is 0.335 e. The number of anilines is 1. The van der Waals surface area contributed by atoms with E-state index in [1.54, 1.807) is 29.5 Å². The van der Waals surface area contributed by atoms with Crippen molar-refractivity contribution in [3.63, 3.8) is 0 Å². The molecule has 0 saturated carbocycles. The standard InChI is InChI=1S/C17H16N2O2S/c1-2-11-6-7-14-15(9-11)22-17(19-14)18-10-12-4-3-5-13(8-12)16(20)21/h3-9H,2,10H2,1H3,(H,18,19)(H,20,21). The van der Waals surface area contributed by atoms with Gasteiger partial charge in [-0.15, -0.1) is 0 Å². The molecular weight excluding hydrogens is 296 g/mol. The third-order valence-electron chi connectivity index (χ3n) is 3.48. The van der Waals surface area contributed by atoms with Crippen LogP contribution in [0.15, 0.2) is 42.5 Å². The van der Waals surface area contributed by atoms with Crippen LogP contribution in [0, 0.1) is 0 Å². The Morgan fingerprint density at radius 2 is 2.09 bits per heavy atom. The van der Waals surface area contributed by atoms with Crippen molar-refractivity contribution in [2.75, 3.05) is 5.32 Å². The number of hydrogen-bond donors (Lipinski definition) is 2. The Balaban J connectivity index is 1.76. The Hall–Kier alpha value is -2.40. The first-order valence-electron chi connectivity index (χ1n) is 7.11. The highest BCUT2D eigenvalue weighted by atomic mass is 32.1. The number of nitrogens with zero attached hydrogens (tertiary/aromatic N) is 1. The van der Waals surface area contributed by atoms with Gasteiger partial charge in [-0.25, -0.2) is 9.78 Å². The number of carbonyl (C=O) groups is 1. The number of fused-ring (bicyclic) bond motifs is 1. The van der Waals surface area contributed by atoms with Crippen LogP contribution < -0.4 is 5.32 Å². The van der Waals surface area contributed by atoms with Gasteiger partial charge in [-0.3, -0.25) is 0 Å². The zero-order valence-corrected chi connectivity index (χ0v) is 13.0. The number of carboxylic acids is 1. The highest BCUT2D eigenvalue weighted by molar-refractivity contribution is 7.22. The normalized spacial score (nSPS) is 10.8. The average Bonchev–Trinajstić information content (AvgIpc) is 2.95. The van der Waals surface area contributed by atoms with E-state index in [9.17, 15) is 4.79 Å². The molecule has 0 radical (unpaired) electrons. The SMILES string of the molecule is CCc1ccc2nc(NCc3cccc(C(=O)O)c3)sc2c1. The molecule has 0 aliphatic rings. The predicted octanol–water partition coefficient (Wildman–Crippen LogP) is 4.17. The van der Waals surface area contributed by atoms with Crippen molar-refractivity contribution < 1.29 is 9.90 Å². The summed E-state index contributed by atoms with van der Waals surface area (Å²) in [5.41, 5.74) is 3.52. The number of aromatic nitrogens is 1. The molecule has 1 heterocycles. The topological polar surface area (TPSA) is 62.2 Å². The third kappa shape index (κ3) is 3.09. The second kappa shape index (κ2) is 6.15. The molecule has 3 aromatic rings. The number of aryl methyl sites for hydroxylation is 1. The maximum absolute atomic E-state index is 11.0. The van der Waals surface area contributed by atoms with Crippen LogP contribution in [-0.4, -0.2) is 16.1 Å². The molecular formula is C17H16N2O2S. The molecule has 2 aromatic carbocycles. The number of aromatic carboxylic acids is 1. The van der Waals surface area contributed by atoms with E-state index < -0.39 is 5.97 Å². The van der Waals surface area contributed by atoms with Gasteiger partial charge in [0.25, 0.3) is 0 Å². The molecule has 4 nitrogen and oxygen atoms in total. The van der Waals surface area contributed by atoms with Crippen LogP contribution in [0.3, 0.4) is 0 Å². The van der Waals surface area contributed by atoms with Crippen molar-refractivity contribution in [1.29, 1.82) is 0 Å². The van der Waals surface area contributed by atoms with Crippen LogP contribution in [-0.2, 0) is 13.0 Å². The predicted molar refractivity (Wildman–Crippen MR) is 89.7 cm³/mol. The second-order valence-electron chi connectivity index (χ2n) is 5.03. The van der Waals surface area contributed by atoms with Crippen molar-refractivity contribution in [2.24, 2.45) is 0 Å². The molecule has 0 unspecified atom stereocenters. The van der Waals surface area contributed by atoms with Gasteiger partial charge < -0.3 is 10.4 Å². The van der Waals surface area contributed by atoms with Crippen molar-refractivity contribution >= 4 is 32.7 Å². The van der Waals surface area contributed by atoms with Crippen molar-refractivity contribution in [3.05, 3.63) is 59.2 Å². The fraction of sp³-hybridized carbons (Fsp3) is 0.176. The Kier molecular flexibility index (Phi) is 4.06. The lowest BCUT2D eigenvalue weighted by molar-refractivity contribution is 0.0697. The van der Waals surface area contributed by atoms with Crippen LogP contribution in [0.5, 0.6) is 0 Å². The molecule has 0 saturated heterocycles. The van der Waals surface area contributed by atoms with E-state index in [0.717, 1.165) is 22.6 Å². The van der Waals surface area contributed by atoms with Crippen molar-refractivity contribution in [1.82, 2.24) is 4.98 Å². The van der Waals surface area contributed by atoms with Gasteiger partial charge in [0.1, 0.15) is 0 Å². The van der Waals surface area contributed by atoms with Gasteiger partial charge in [0.2, 0.25) is 0 Å². The number of carboxylic acid groups (broad SMARTS) is 1. The molecule has 112 valence electrons. The number of benzene rings is 2. The molecule has 1 aromatic heterocycles. The summed E-state index contributed by atoms with van der Waals surface area (Å²) in [5.74, 6) is -0.908. The lowest BCUT2D eigenvalue weighted by Gasteiger charge is -2.03. The molecule has 0 fully saturated rings. The van der Waals surface area contributed by atoms with E-state index >= 15 is 0 Å². The van der Waals surface area contributed by atoms with Gasteiger partial charge in [-0.1, -0.05) is 36.5 Å². The Labute approximate surface area is 132 Å². The van der Waals surface area contributed by atoms with Crippen molar-refractivity contribution in [2.45, 2.75) is 19.9 Å². The van der Waals surface area contributed by atoms with Crippen LogP contribution in [0.2, 0.25) is 0 Å². The quantitative estimate of drug-likeness (QED) is 0.742. The largest absolute Gasteiger partial charge is 0.478 e. The van der Waals surface area contributed by atoms with Crippen LogP contribution >= 0.6 is 11.3 Å². The van der Waals surface area contributed by atoms with E-state index in [2.05, 4.69) is 29.4 Å². The van der Waals surface area contributed by atoms with Crippen molar-refractivity contribution in [3.8, 4) is 0 Å². The summed E-state index contributed by atoms with van der Waals surface area (Å²) in [6.07, 6.45) is 1.01. The molecule has 0 aliphatic carbocycles. The van der Waals surface area contributed by atoms with E-state index in [-0.39, 0.29) is 0 Å². The summed E-state index contributed by atoms with van der Waals surface area (Å²) in [4.78, 5) is 15.5. The number of rotatable bonds is 5. The van der Waals surface area contributed by atoms with Gasteiger partial charge in [-0.2, -0.15) is 0 Å². The van der Waals surface area contributed by atoms with E-state index in [1.807, 2.05) is 12.1 Å². The summed E-state index contributed by atoms with van der Waals surface area (Å²) in [5, 5.41) is 13.1. The molecule has 5 heteroatoms. The molecule has 0 atom stereocenters. The average molecular weight is 312 g/mol. The molecule has 0 amide bonds. The molecule has 2 N–H and O–H groups in total. The number of thiazole rings is 1. The third-order valence-corrected chi connectivity index (χ3v) is 4.45. The van der Waals surface area contributed by atoms with E-state index in [1.165, 1.54) is 10.3 Å². The highest BCUT2D eigenvalue weighted by Gasteiger charge is 2.06. The van der Waals surface area contributed by atoms with Gasteiger partial charge >= 0.3 is 5.97 Å². The summed E-state index contributed by atoms with van der Waals surface area (Å²) < 4.78 is 1.17. The monoisotopic (exact) mass is 312 g/mol. The molecule has 3 rings (SSSR count). The smallest absolute Gasteiger partial charge is 0.335 e. The minimum atomic E-state index is -0.908. The summed E-state index contributed by atoms with van der Waals surface area (Å²) in [6, 6.07) is 13.2. The first-order valence-corrected chi connectivity index (χ1v) is 7.93. The van der Waals surface area contributed by atoms with Gasteiger partial charge in [0.05, 0.1) is 15.8 Å². The Morgan fingerprint density at radius 3 is 2.86 bits per heavy atom. The van der Waals surface area contributed by atoms with Crippen LogP contribution in [0.25, 0.3) is 10.2 Å². The minimum absolute atomic E-state index is 0.302. The zero-order valence-electron chi connectivity index (χ0n) is 12.2. The minimum Gasteiger partial charge on any atom is -0.478 e. The van der Waals surface area contributed by atoms with Gasteiger partial charge in [0.15, 0.2) is 5.13 Å². The summed E-state index contributed by atoms with van der Waals surface area (Å²) >= 11 is 1.62. The van der Waals surface area contributed by atoms with Crippen LogP contribution in [0.4, 0.5) is 5.13 Å². The van der Waals surface area contributed by atoms with E-state index in [0.29, 0.717) is 12.1 Å². The maximum atomic E-state index is 11.0. The lowest BCUT2D eigenvalue weighted by atomic mass is 10.1. The van der Waals surface area contributed by atoms with E-state index in [4.69, 9.17) is 5.11 Å². The first-order chi connectivity index (χ1) is 10.7. The Morgan fingerprint density at radius 1 is 1.23 bits per heavy atom. The highest BCUT2D eigenvalue weighted by Crippen LogP contribution is 2.27. The van der Waals surface area contributed by atoms with Gasteiger partial charge in [0, 0.05) is 6.54 Å². The fourth-order valence-electron chi connectivity index (χ4n) is 2.26. The molecule has 0 spiro atoms.